The number of aliphatic hydroxyl groups excluding tert-OH is 2. The van der Waals surface area contributed by atoms with Gasteiger partial charge in [-0.05, 0) is 36.2 Å². The first-order valence-corrected chi connectivity index (χ1v) is 11.3. The number of hydrogen-bond acceptors (Lipinski definition) is 7. The Labute approximate surface area is 186 Å². The molecule has 4 rings (SSSR count). The van der Waals surface area contributed by atoms with Crippen LogP contribution in [0.3, 0.4) is 0 Å². The number of nitrogens with zero attached hydrogens (tertiary/aromatic N) is 2. The van der Waals surface area contributed by atoms with Crippen LogP contribution < -0.4 is 15.5 Å². The number of carbonyl (C=O) groups excluding carboxylic acids is 1. The van der Waals surface area contributed by atoms with Gasteiger partial charge in [0.25, 0.3) is 0 Å². The summed E-state index contributed by atoms with van der Waals surface area (Å²) in [6.45, 7) is 0.432. The van der Waals surface area contributed by atoms with E-state index in [2.05, 4.69) is 15.6 Å². The molecule has 0 bridgehead atoms. The maximum Gasteiger partial charge on any atom is 0.224 e. The van der Waals surface area contributed by atoms with E-state index in [1.165, 1.54) is 11.8 Å². The zero-order valence-electron chi connectivity index (χ0n) is 17.6. The van der Waals surface area contributed by atoms with E-state index in [0.717, 1.165) is 16.9 Å². The third-order valence-electron chi connectivity index (χ3n) is 5.77. The van der Waals surface area contributed by atoms with Crippen molar-refractivity contribution in [2.75, 3.05) is 24.3 Å². The molecule has 0 radical (unpaired) electrons. The van der Waals surface area contributed by atoms with Gasteiger partial charge in [-0.15, -0.1) is 0 Å². The summed E-state index contributed by atoms with van der Waals surface area (Å²) in [5, 5.41) is 27.5. The van der Waals surface area contributed by atoms with Crippen molar-refractivity contribution in [2.24, 2.45) is 10.9 Å². The number of carbonyl (C=O) groups is 1. The van der Waals surface area contributed by atoms with E-state index in [1.807, 2.05) is 73.6 Å². The van der Waals surface area contributed by atoms with Crippen molar-refractivity contribution in [1.29, 1.82) is 0 Å². The van der Waals surface area contributed by atoms with Gasteiger partial charge in [-0.1, -0.05) is 42.1 Å². The van der Waals surface area contributed by atoms with Crippen LogP contribution in [-0.4, -0.2) is 58.9 Å². The number of amides is 1. The second kappa shape index (κ2) is 9.30. The minimum atomic E-state index is -0.980. The average molecular weight is 441 g/mol. The lowest BCUT2D eigenvalue weighted by Gasteiger charge is -2.37. The molecule has 2 aromatic rings. The Kier molecular flexibility index (Phi) is 6.50. The zero-order valence-corrected chi connectivity index (χ0v) is 18.4. The Hall–Kier alpha value is -2.55. The third-order valence-corrected chi connectivity index (χ3v) is 7.08. The van der Waals surface area contributed by atoms with E-state index in [9.17, 15) is 15.0 Å². The largest absolute Gasteiger partial charge is 0.390 e. The number of benzene rings is 2. The molecule has 164 valence electrons. The molecule has 31 heavy (non-hydrogen) atoms. The first-order chi connectivity index (χ1) is 14.9. The first-order valence-electron chi connectivity index (χ1n) is 10.4. The molecule has 1 amide bonds. The highest BCUT2D eigenvalue weighted by Gasteiger charge is 2.50. The fourth-order valence-corrected chi connectivity index (χ4v) is 5.37. The van der Waals surface area contributed by atoms with Gasteiger partial charge in [0.05, 0.1) is 18.1 Å². The van der Waals surface area contributed by atoms with Gasteiger partial charge in [-0.25, -0.2) is 0 Å². The standard InChI is InChI=1S/C23H28N4O3S/c1-27(2)16-10-8-15(9-11-16)25-23-26-19-20(29)18(28)12-17(21(19)31-23)22(30)24-13-14-6-4-3-5-7-14/h3-11,17-21,28-29H,12-13H2,1-2H3,(H,24,30)(H,25,26). The molecule has 1 fully saturated rings. The van der Waals surface area contributed by atoms with Gasteiger partial charge in [0.2, 0.25) is 5.91 Å². The van der Waals surface area contributed by atoms with Crippen LogP contribution in [0.4, 0.5) is 11.4 Å². The lowest BCUT2D eigenvalue weighted by atomic mass is 9.81. The summed E-state index contributed by atoms with van der Waals surface area (Å²) in [5.41, 5.74) is 2.99. The predicted octanol–water partition coefficient (Wildman–Crippen LogP) is 2.06. The molecule has 0 saturated heterocycles. The molecule has 1 aliphatic carbocycles. The molecule has 1 heterocycles. The van der Waals surface area contributed by atoms with Crippen LogP contribution in [0, 0.1) is 5.92 Å². The van der Waals surface area contributed by atoms with E-state index >= 15 is 0 Å². The molecule has 4 N–H and O–H groups in total. The highest BCUT2D eigenvalue weighted by molar-refractivity contribution is 8.15. The lowest BCUT2D eigenvalue weighted by molar-refractivity contribution is -0.129. The minimum absolute atomic E-state index is 0.121. The molecule has 5 unspecified atom stereocenters. The van der Waals surface area contributed by atoms with Gasteiger partial charge in [0, 0.05) is 37.3 Å². The third kappa shape index (κ3) is 4.87. The maximum atomic E-state index is 12.9. The SMILES string of the molecule is CN(C)c1ccc(NC2=NC3C(O)C(O)CC(C(=O)NCc4ccccc4)C3S2)cc1. The van der Waals surface area contributed by atoms with E-state index < -0.39 is 24.2 Å². The molecule has 0 aromatic heterocycles. The topological polar surface area (TPSA) is 97.2 Å². The van der Waals surface area contributed by atoms with Gasteiger partial charge in [-0.3, -0.25) is 9.79 Å². The molecule has 7 nitrogen and oxygen atoms in total. The number of thioether (sulfide) groups is 1. The van der Waals surface area contributed by atoms with Gasteiger partial charge < -0.3 is 25.7 Å². The molecule has 1 saturated carbocycles. The maximum absolute atomic E-state index is 12.9. The number of aliphatic hydroxyl groups is 2. The van der Waals surface area contributed by atoms with Crippen LogP contribution in [0.2, 0.25) is 0 Å². The Morgan fingerprint density at radius 1 is 1.13 bits per heavy atom. The summed E-state index contributed by atoms with van der Waals surface area (Å²) in [6.07, 6.45) is -1.74. The van der Waals surface area contributed by atoms with E-state index in [0.29, 0.717) is 11.7 Å². The van der Waals surface area contributed by atoms with Gasteiger partial charge >= 0.3 is 0 Å². The molecular weight excluding hydrogens is 412 g/mol. The number of amidine groups is 1. The number of nitrogens with one attached hydrogen (secondary N) is 2. The van der Waals surface area contributed by atoms with Crippen LogP contribution in [0.5, 0.6) is 0 Å². The second-order valence-corrected chi connectivity index (χ2v) is 9.34. The Morgan fingerprint density at radius 3 is 2.52 bits per heavy atom. The molecule has 8 heteroatoms. The Bertz CT molecular complexity index is 936. The van der Waals surface area contributed by atoms with Crippen LogP contribution in [-0.2, 0) is 11.3 Å². The quantitative estimate of drug-likeness (QED) is 0.568. The average Bonchev–Trinajstić information content (AvgIpc) is 3.19. The van der Waals surface area contributed by atoms with Crippen molar-refractivity contribution >= 4 is 34.2 Å². The fourth-order valence-electron chi connectivity index (χ4n) is 3.99. The summed E-state index contributed by atoms with van der Waals surface area (Å²) in [5.74, 6) is -0.555. The molecule has 0 spiro atoms. The van der Waals surface area contributed by atoms with Crippen molar-refractivity contribution in [3.63, 3.8) is 0 Å². The highest BCUT2D eigenvalue weighted by atomic mass is 32.2. The van der Waals surface area contributed by atoms with Crippen molar-refractivity contribution in [3.8, 4) is 0 Å². The number of hydrogen-bond donors (Lipinski definition) is 4. The van der Waals surface area contributed by atoms with Crippen LogP contribution >= 0.6 is 11.8 Å². The van der Waals surface area contributed by atoms with Gasteiger partial charge in [0.15, 0.2) is 5.17 Å². The summed E-state index contributed by atoms with van der Waals surface area (Å²) in [7, 11) is 3.97. The minimum Gasteiger partial charge on any atom is -0.390 e. The number of fused-ring (bicyclic) bond motifs is 1. The summed E-state index contributed by atoms with van der Waals surface area (Å²) in [4.78, 5) is 19.6. The van der Waals surface area contributed by atoms with E-state index in [1.54, 1.807) is 0 Å². The first kappa shape index (κ1) is 21.7. The summed E-state index contributed by atoms with van der Waals surface area (Å²) >= 11 is 1.46. The Balaban J connectivity index is 1.43. The van der Waals surface area contributed by atoms with Crippen LogP contribution in [0.25, 0.3) is 0 Å². The van der Waals surface area contributed by atoms with Gasteiger partial charge in [0.1, 0.15) is 6.10 Å². The number of rotatable bonds is 5. The lowest BCUT2D eigenvalue weighted by Crippen LogP contribution is -2.53. The number of anilines is 2. The molecule has 2 aliphatic rings. The van der Waals surface area contributed by atoms with Crippen molar-refractivity contribution in [2.45, 2.75) is 36.5 Å². The molecule has 1 aliphatic heterocycles. The molecular formula is C23H28N4O3S. The van der Waals surface area contributed by atoms with E-state index in [4.69, 9.17) is 0 Å². The fraction of sp³-hybridized carbons (Fsp3) is 0.391. The number of aliphatic imine (C=N–C) groups is 1. The predicted molar refractivity (Wildman–Crippen MR) is 125 cm³/mol. The highest BCUT2D eigenvalue weighted by Crippen LogP contribution is 2.41. The van der Waals surface area contributed by atoms with Gasteiger partial charge in [-0.2, -0.15) is 0 Å². The van der Waals surface area contributed by atoms with E-state index in [-0.39, 0.29) is 17.6 Å². The van der Waals surface area contributed by atoms with Crippen molar-refractivity contribution in [1.82, 2.24) is 5.32 Å². The molecule has 5 atom stereocenters. The summed E-state index contributed by atoms with van der Waals surface area (Å²) in [6, 6.07) is 17.1. The second-order valence-electron chi connectivity index (χ2n) is 8.18. The molecule has 2 aromatic carbocycles. The smallest absolute Gasteiger partial charge is 0.224 e. The zero-order chi connectivity index (χ0) is 22.0. The Morgan fingerprint density at radius 2 is 1.84 bits per heavy atom. The van der Waals surface area contributed by atoms with Crippen LogP contribution in [0.1, 0.15) is 12.0 Å². The van der Waals surface area contributed by atoms with Crippen LogP contribution in [0.15, 0.2) is 59.6 Å². The normalized spacial score (nSPS) is 27.2. The van der Waals surface area contributed by atoms with Crippen molar-refractivity contribution in [3.05, 3.63) is 60.2 Å². The van der Waals surface area contributed by atoms with Crippen molar-refractivity contribution < 1.29 is 15.0 Å². The monoisotopic (exact) mass is 440 g/mol. The summed E-state index contributed by atoms with van der Waals surface area (Å²) < 4.78 is 0.